The van der Waals surface area contributed by atoms with E-state index in [2.05, 4.69) is 13.8 Å². The number of carboxylic acid groups (broad SMARTS) is 1. The van der Waals surface area contributed by atoms with Crippen LogP contribution >= 0.6 is 0 Å². The number of ether oxygens (including phenoxy) is 1. The van der Waals surface area contributed by atoms with Gasteiger partial charge in [-0.1, -0.05) is 149 Å². The summed E-state index contributed by atoms with van der Waals surface area (Å²) >= 11 is 0. The largest absolute Gasteiger partial charge is 0.481 e. The maximum Gasteiger partial charge on any atom is 0.307 e. The minimum Gasteiger partial charge on any atom is -0.481 e. The van der Waals surface area contributed by atoms with Gasteiger partial charge in [0.15, 0.2) is 0 Å². The van der Waals surface area contributed by atoms with E-state index in [0.717, 1.165) is 25.7 Å². The van der Waals surface area contributed by atoms with Crippen LogP contribution in [0, 0.1) is 0 Å². The van der Waals surface area contributed by atoms with Crippen molar-refractivity contribution >= 4 is 11.9 Å². The van der Waals surface area contributed by atoms with Crippen molar-refractivity contribution in [2.24, 2.45) is 0 Å². The molecule has 0 saturated heterocycles. The highest BCUT2D eigenvalue weighted by Gasteiger charge is 2.17. The predicted molar refractivity (Wildman–Crippen MR) is 149 cm³/mol. The third-order valence-corrected chi connectivity index (χ3v) is 7.06. The Morgan fingerprint density at radius 3 is 1.26 bits per heavy atom. The maximum absolute atomic E-state index is 12.2. The van der Waals surface area contributed by atoms with Gasteiger partial charge in [-0.2, -0.15) is 0 Å². The van der Waals surface area contributed by atoms with Crippen LogP contribution in [0.15, 0.2) is 0 Å². The molecule has 0 aliphatic carbocycles. The molecule has 208 valence electrons. The van der Waals surface area contributed by atoms with Gasteiger partial charge in [-0.15, -0.1) is 0 Å². The Kier molecular flexibility index (Phi) is 26.7. The van der Waals surface area contributed by atoms with Crippen molar-refractivity contribution in [2.75, 3.05) is 0 Å². The number of unbranched alkanes of at least 4 members (excludes halogenated alkanes) is 21. The van der Waals surface area contributed by atoms with Crippen molar-refractivity contribution in [1.29, 1.82) is 0 Å². The molecule has 0 aromatic carbocycles. The molecule has 0 rings (SSSR count). The Morgan fingerprint density at radius 2 is 0.886 bits per heavy atom. The quantitative estimate of drug-likeness (QED) is 0.0864. The summed E-state index contributed by atoms with van der Waals surface area (Å²) in [7, 11) is 0. The first kappa shape index (κ1) is 33.9. The van der Waals surface area contributed by atoms with E-state index in [4.69, 9.17) is 9.84 Å². The van der Waals surface area contributed by atoms with Crippen molar-refractivity contribution < 1.29 is 19.4 Å². The molecule has 4 nitrogen and oxygen atoms in total. The van der Waals surface area contributed by atoms with Gasteiger partial charge in [0.2, 0.25) is 0 Å². The van der Waals surface area contributed by atoms with Crippen molar-refractivity contribution in [2.45, 2.75) is 187 Å². The average Bonchev–Trinajstić information content (AvgIpc) is 2.82. The lowest BCUT2D eigenvalue weighted by Gasteiger charge is -2.16. The molecule has 0 radical (unpaired) electrons. The summed E-state index contributed by atoms with van der Waals surface area (Å²) < 4.78 is 5.52. The van der Waals surface area contributed by atoms with Crippen LogP contribution in [0.3, 0.4) is 0 Å². The van der Waals surface area contributed by atoms with Gasteiger partial charge in [0.25, 0.3) is 0 Å². The molecule has 0 fully saturated rings. The molecule has 0 heterocycles. The van der Waals surface area contributed by atoms with Crippen LogP contribution in [0.5, 0.6) is 0 Å². The Bertz CT molecular complexity index is 463. The van der Waals surface area contributed by atoms with Gasteiger partial charge < -0.3 is 9.84 Å². The molecule has 0 saturated carbocycles. The molecule has 0 aromatic heterocycles. The van der Waals surface area contributed by atoms with Gasteiger partial charge in [0.05, 0.1) is 6.42 Å². The molecule has 1 unspecified atom stereocenters. The zero-order valence-corrected chi connectivity index (χ0v) is 23.6. The summed E-state index contributed by atoms with van der Waals surface area (Å²) in [6.07, 6.45) is 29.8. The van der Waals surface area contributed by atoms with Crippen molar-refractivity contribution in [3.63, 3.8) is 0 Å². The summed E-state index contributed by atoms with van der Waals surface area (Å²) in [5.74, 6) is -1.10. The van der Waals surface area contributed by atoms with Gasteiger partial charge in [0, 0.05) is 6.42 Å². The molecular formula is C31H60O4. The van der Waals surface area contributed by atoms with E-state index >= 15 is 0 Å². The van der Waals surface area contributed by atoms with E-state index in [-0.39, 0.29) is 12.4 Å². The summed E-state index contributed by atoms with van der Waals surface area (Å²) in [5.41, 5.74) is 0. The second kappa shape index (κ2) is 27.5. The molecule has 1 atom stereocenters. The molecule has 1 N–H and O–H groups in total. The fraction of sp³-hybridized carbons (Fsp3) is 0.935. The molecular weight excluding hydrogens is 436 g/mol. The van der Waals surface area contributed by atoms with Gasteiger partial charge in [-0.3, -0.25) is 9.59 Å². The van der Waals surface area contributed by atoms with Gasteiger partial charge in [0.1, 0.15) is 6.10 Å². The summed E-state index contributed by atoms with van der Waals surface area (Å²) in [5, 5.41) is 9.15. The Hall–Kier alpha value is -1.06. The van der Waals surface area contributed by atoms with E-state index in [0.29, 0.717) is 12.8 Å². The fourth-order valence-electron chi connectivity index (χ4n) is 4.79. The number of rotatable bonds is 28. The SMILES string of the molecule is CCCCCCCCCCCCCCCCCC(=O)OC(CCCCCCCCCC)CC(=O)O. The minimum atomic E-state index is -0.880. The van der Waals surface area contributed by atoms with Crippen LogP contribution in [0.25, 0.3) is 0 Å². The topological polar surface area (TPSA) is 63.6 Å². The normalized spacial score (nSPS) is 12.1. The highest BCUT2D eigenvalue weighted by atomic mass is 16.5. The van der Waals surface area contributed by atoms with Crippen LogP contribution in [0.4, 0.5) is 0 Å². The molecule has 0 amide bonds. The highest BCUT2D eigenvalue weighted by Crippen LogP contribution is 2.16. The zero-order chi connectivity index (χ0) is 25.8. The minimum absolute atomic E-state index is 0.0684. The summed E-state index contributed by atoms with van der Waals surface area (Å²) in [6, 6.07) is 0. The van der Waals surface area contributed by atoms with Crippen LogP contribution in [-0.2, 0) is 14.3 Å². The van der Waals surface area contributed by atoms with E-state index in [9.17, 15) is 9.59 Å². The number of aliphatic carboxylic acids is 1. The lowest BCUT2D eigenvalue weighted by molar-refractivity contribution is -0.153. The standard InChI is InChI=1S/C31H60O4/c1-3-5-7-9-11-13-14-15-16-17-18-19-21-23-25-27-31(34)35-29(28-30(32)33)26-24-22-20-12-10-8-6-4-2/h29H,3-28H2,1-2H3,(H,32,33). The second-order valence-corrected chi connectivity index (χ2v) is 10.7. The monoisotopic (exact) mass is 496 g/mol. The molecule has 0 bridgehead atoms. The van der Waals surface area contributed by atoms with E-state index < -0.39 is 12.1 Å². The number of hydrogen-bond acceptors (Lipinski definition) is 3. The fourth-order valence-corrected chi connectivity index (χ4v) is 4.79. The van der Waals surface area contributed by atoms with Crippen molar-refractivity contribution in [3.05, 3.63) is 0 Å². The van der Waals surface area contributed by atoms with Crippen LogP contribution in [-0.4, -0.2) is 23.1 Å². The first-order chi connectivity index (χ1) is 17.1. The number of esters is 1. The number of hydrogen-bond donors (Lipinski definition) is 1. The Labute approximate surface area is 218 Å². The zero-order valence-electron chi connectivity index (χ0n) is 23.6. The van der Waals surface area contributed by atoms with Gasteiger partial charge in [-0.25, -0.2) is 0 Å². The lowest BCUT2D eigenvalue weighted by atomic mass is 10.0. The molecule has 0 aliphatic rings. The predicted octanol–water partition coefficient (Wildman–Crippen LogP) is 10.2. The lowest BCUT2D eigenvalue weighted by Crippen LogP contribution is -2.21. The van der Waals surface area contributed by atoms with Gasteiger partial charge in [-0.05, 0) is 19.3 Å². The number of carbonyl (C=O) groups excluding carboxylic acids is 1. The first-order valence-corrected chi connectivity index (χ1v) is 15.5. The van der Waals surface area contributed by atoms with Gasteiger partial charge >= 0.3 is 11.9 Å². The third-order valence-electron chi connectivity index (χ3n) is 7.06. The Balaban J connectivity index is 3.61. The molecule has 0 aromatic rings. The van der Waals surface area contributed by atoms with E-state index in [1.165, 1.54) is 122 Å². The number of carbonyl (C=O) groups is 2. The van der Waals surface area contributed by atoms with Crippen LogP contribution in [0.2, 0.25) is 0 Å². The van der Waals surface area contributed by atoms with E-state index in [1.54, 1.807) is 0 Å². The molecule has 35 heavy (non-hydrogen) atoms. The third kappa shape index (κ3) is 27.4. The smallest absolute Gasteiger partial charge is 0.307 e. The van der Waals surface area contributed by atoms with Crippen molar-refractivity contribution in [3.8, 4) is 0 Å². The van der Waals surface area contributed by atoms with E-state index in [1.807, 2.05) is 0 Å². The first-order valence-electron chi connectivity index (χ1n) is 15.5. The second-order valence-electron chi connectivity index (χ2n) is 10.7. The van der Waals surface area contributed by atoms with Crippen LogP contribution in [0.1, 0.15) is 181 Å². The molecule has 4 heteroatoms. The summed E-state index contributed by atoms with van der Waals surface area (Å²) in [4.78, 5) is 23.3. The Morgan fingerprint density at radius 1 is 0.543 bits per heavy atom. The summed E-state index contributed by atoms with van der Waals surface area (Å²) in [6.45, 7) is 4.50. The van der Waals surface area contributed by atoms with Crippen molar-refractivity contribution in [1.82, 2.24) is 0 Å². The van der Waals surface area contributed by atoms with Crippen LogP contribution < -0.4 is 0 Å². The maximum atomic E-state index is 12.2. The molecule has 0 aliphatic heterocycles. The highest BCUT2D eigenvalue weighted by molar-refractivity contribution is 5.71. The molecule has 0 spiro atoms. The number of carboxylic acids is 1. The average molecular weight is 497 g/mol.